The van der Waals surface area contributed by atoms with Crippen LogP contribution in [-0.4, -0.2) is 43.2 Å². The fraction of sp³-hybridized carbons (Fsp3) is 0.222. The Hall–Kier alpha value is -2.47. The Labute approximate surface area is 146 Å². The smallest absolute Gasteiger partial charge is 0.260 e. The van der Waals surface area contributed by atoms with Crippen molar-refractivity contribution in [3.8, 4) is 5.75 Å². The number of carbonyl (C=O) groups is 2. The molecule has 2 aromatic rings. The van der Waals surface area contributed by atoms with Crippen LogP contribution in [0.4, 0.5) is 5.69 Å². The fourth-order valence-electron chi connectivity index (χ4n) is 2.01. The van der Waals surface area contributed by atoms with Crippen LogP contribution in [0.1, 0.15) is 0 Å². The van der Waals surface area contributed by atoms with E-state index in [9.17, 15) is 9.59 Å². The van der Waals surface area contributed by atoms with Crippen molar-refractivity contribution in [2.75, 3.05) is 31.8 Å². The van der Waals surface area contributed by atoms with Crippen LogP contribution in [0.15, 0.2) is 59.5 Å². The number of amides is 2. The van der Waals surface area contributed by atoms with E-state index in [0.717, 1.165) is 10.6 Å². The molecule has 126 valence electrons. The molecule has 0 aromatic heterocycles. The highest BCUT2D eigenvalue weighted by atomic mass is 32.2. The second kappa shape index (κ2) is 8.98. The van der Waals surface area contributed by atoms with Gasteiger partial charge < -0.3 is 15.0 Å². The van der Waals surface area contributed by atoms with E-state index >= 15 is 0 Å². The minimum atomic E-state index is -0.257. The molecule has 0 radical (unpaired) electrons. The van der Waals surface area contributed by atoms with E-state index in [-0.39, 0.29) is 25.0 Å². The zero-order valence-electron chi connectivity index (χ0n) is 13.7. The molecule has 2 amide bonds. The lowest BCUT2D eigenvalue weighted by molar-refractivity contribution is -0.135. The summed E-state index contributed by atoms with van der Waals surface area (Å²) in [5, 5.41) is 2.83. The molecule has 2 aromatic carbocycles. The lowest BCUT2D eigenvalue weighted by Crippen LogP contribution is -2.37. The molecule has 0 aliphatic carbocycles. The molecule has 0 atom stereocenters. The van der Waals surface area contributed by atoms with Crippen molar-refractivity contribution in [2.24, 2.45) is 0 Å². The maximum Gasteiger partial charge on any atom is 0.260 e. The zero-order chi connectivity index (χ0) is 17.4. The van der Waals surface area contributed by atoms with Gasteiger partial charge in [0.25, 0.3) is 5.91 Å². The number of carbonyl (C=O) groups excluding carboxylic acids is 2. The Balaban J connectivity index is 1.83. The predicted molar refractivity (Wildman–Crippen MR) is 96.4 cm³/mol. The summed E-state index contributed by atoms with van der Waals surface area (Å²) in [6.45, 7) is -0.130. The molecule has 0 bridgehead atoms. The maximum atomic E-state index is 12.1. The minimum absolute atomic E-state index is 0.0281. The molecule has 0 saturated heterocycles. The number of thioether (sulfide) groups is 1. The van der Waals surface area contributed by atoms with Crippen LogP contribution < -0.4 is 10.1 Å². The van der Waals surface area contributed by atoms with Gasteiger partial charge in [0, 0.05) is 11.9 Å². The molecular weight excluding hydrogens is 324 g/mol. The first kappa shape index (κ1) is 17.9. The van der Waals surface area contributed by atoms with Crippen LogP contribution in [0.3, 0.4) is 0 Å². The standard InChI is InChI=1S/C18H20N2O3S/c1-20(18(22)13-23-14-8-4-3-5-9-14)12-17(21)19-15-10-6-7-11-16(15)24-2/h3-11H,12-13H2,1-2H3,(H,19,21). The quantitative estimate of drug-likeness (QED) is 0.785. The Morgan fingerprint density at radius 3 is 2.46 bits per heavy atom. The summed E-state index contributed by atoms with van der Waals surface area (Å²) in [6, 6.07) is 16.6. The van der Waals surface area contributed by atoms with Crippen LogP contribution in [0.25, 0.3) is 0 Å². The van der Waals surface area contributed by atoms with Gasteiger partial charge in [-0.1, -0.05) is 30.3 Å². The molecule has 2 rings (SSSR count). The van der Waals surface area contributed by atoms with Gasteiger partial charge in [-0.05, 0) is 30.5 Å². The van der Waals surface area contributed by atoms with Crippen LogP contribution >= 0.6 is 11.8 Å². The molecule has 24 heavy (non-hydrogen) atoms. The molecule has 0 aliphatic heterocycles. The number of likely N-dealkylation sites (N-methyl/N-ethyl adjacent to an activating group) is 1. The summed E-state index contributed by atoms with van der Waals surface area (Å²) in [7, 11) is 1.58. The number of rotatable bonds is 7. The fourth-order valence-corrected chi connectivity index (χ4v) is 2.57. The normalized spacial score (nSPS) is 10.1. The highest BCUT2D eigenvalue weighted by Crippen LogP contribution is 2.24. The van der Waals surface area contributed by atoms with Gasteiger partial charge in [0.2, 0.25) is 5.91 Å². The van der Waals surface area contributed by atoms with Gasteiger partial charge in [0.05, 0.1) is 12.2 Å². The number of hydrogen-bond donors (Lipinski definition) is 1. The molecule has 0 aliphatic rings. The molecule has 6 heteroatoms. The van der Waals surface area contributed by atoms with Crippen molar-refractivity contribution in [3.63, 3.8) is 0 Å². The Bertz CT molecular complexity index is 692. The third-order valence-corrected chi connectivity index (χ3v) is 4.09. The number of nitrogens with one attached hydrogen (secondary N) is 1. The molecule has 0 fully saturated rings. The molecule has 1 N–H and O–H groups in total. The van der Waals surface area contributed by atoms with Crippen LogP contribution in [-0.2, 0) is 9.59 Å². The second-order valence-corrected chi connectivity index (χ2v) is 5.95. The number of ether oxygens (including phenoxy) is 1. The molecule has 0 heterocycles. The summed E-state index contributed by atoms with van der Waals surface area (Å²) in [5.74, 6) is 0.122. The summed E-state index contributed by atoms with van der Waals surface area (Å²) in [6.07, 6.45) is 1.95. The summed E-state index contributed by atoms with van der Waals surface area (Å²) in [4.78, 5) is 26.5. The second-order valence-electron chi connectivity index (χ2n) is 5.10. The molecule has 0 spiro atoms. The molecule has 0 unspecified atom stereocenters. The first-order chi connectivity index (χ1) is 11.6. The SMILES string of the molecule is CSc1ccccc1NC(=O)CN(C)C(=O)COc1ccccc1. The van der Waals surface area contributed by atoms with E-state index in [0.29, 0.717) is 5.75 Å². The first-order valence-electron chi connectivity index (χ1n) is 7.45. The average molecular weight is 344 g/mol. The average Bonchev–Trinajstić information content (AvgIpc) is 2.60. The molecule has 0 saturated carbocycles. The van der Waals surface area contributed by atoms with Crippen molar-refractivity contribution < 1.29 is 14.3 Å². The monoisotopic (exact) mass is 344 g/mol. The first-order valence-corrected chi connectivity index (χ1v) is 8.67. The summed E-state index contributed by atoms with van der Waals surface area (Å²) >= 11 is 1.55. The maximum absolute atomic E-state index is 12.1. The van der Waals surface area contributed by atoms with Gasteiger partial charge in [-0.2, -0.15) is 0 Å². The van der Waals surface area contributed by atoms with E-state index in [4.69, 9.17) is 4.74 Å². The van der Waals surface area contributed by atoms with Gasteiger partial charge in [0.1, 0.15) is 5.75 Å². The van der Waals surface area contributed by atoms with E-state index < -0.39 is 0 Å². The van der Waals surface area contributed by atoms with E-state index in [1.165, 1.54) is 4.90 Å². The Morgan fingerprint density at radius 1 is 1.08 bits per heavy atom. The molecule has 5 nitrogen and oxygen atoms in total. The lowest BCUT2D eigenvalue weighted by Gasteiger charge is -2.17. The van der Waals surface area contributed by atoms with Crippen molar-refractivity contribution in [3.05, 3.63) is 54.6 Å². The molecular formula is C18H20N2O3S. The van der Waals surface area contributed by atoms with Crippen LogP contribution in [0, 0.1) is 0 Å². The van der Waals surface area contributed by atoms with Crippen LogP contribution in [0.2, 0.25) is 0 Å². The third kappa shape index (κ3) is 5.31. The Kier molecular flexibility index (Phi) is 6.69. The predicted octanol–water partition coefficient (Wildman–Crippen LogP) is 2.88. The van der Waals surface area contributed by atoms with E-state index in [1.807, 2.05) is 48.7 Å². The number of anilines is 1. The van der Waals surface area contributed by atoms with E-state index in [2.05, 4.69) is 5.32 Å². The van der Waals surface area contributed by atoms with Crippen molar-refractivity contribution >= 4 is 29.3 Å². The van der Waals surface area contributed by atoms with Gasteiger partial charge in [0.15, 0.2) is 6.61 Å². The summed E-state index contributed by atoms with van der Waals surface area (Å²) < 4.78 is 5.40. The number of benzene rings is 2. The third-order valence-electron chi connectivity index (χ3n) is 3.29. The minimum Gasteiger partial charge on any atom is -0.484 e. The number of nitrogens with zero attached hydrogens (tertiary/aromatic N) is 1. The van der Waals surface area contributed by atoms with E-state index in [1.54, 1.807) is 30.9 Å². The largest absolute Gasteiger partial charge is 0.484 e. The van der Waals surface area contributed by atoms with Gasteiger partial charge in [-0.3, -0.25) is 9.59 Å². The Morgan fingerprint density at radius 2 is 1.75 bits per heavy atom. The van der Waals surface area contributed by atoms with Crippen molar-refractivity contribution in [1.29, 1.82) is 0 Å². The van der Waals surface area contributed by atoms with Gasteiger partial charge in [-0.15, -0.1) is 11.8 Å². The topological polar surface area (TPSA) is 58.6 Å². The van der Waals surface area contributed by atoms with Crippen molar-refractivity contribution in [2.45, 2.75) is 4.90 Å². The number of hydrogen-bond acceptors (Lipinski definition) is 4. The van der Waals surface area contributed by atoms with Gasteiger partial charge in [-0.25, -0.2) is 0 Å². The highest BCUT2D eigenvalue weighted by molar-refractivity contribution is 7.98. The zero-order valence-corrected chi connectivity index (χ0v) is 14.5. The van der Waals surface area contributed by atoms with Crippen molar-refractivity contribution in [1.82, 2.24) is 4.90 Å². The highest BCUT2D eigenvalue weighted by Gasteiger charge is 2.14. The van der Waals surface area contributed by atoms with Gasteiger partial charge >= 0.3 is 0 Å². The number of para-hydroxylation sites is 2. The summed E-state index contributed by atoms with van der Waals surface area (Å²) in [5.41, 5.74) is 0.747. The lowest BCUT2D eigenvalue weighted by atomic mass is 10.3. The van der Waals surface area contributed by atoms with Crippen LogP contribution in [0.5, 0.6) is 5.75 Å².